The van der Waals surface area contributed by atoms with Gasteiger partial charge < -0.3 is 15.1 Å². The zero-order valence-corrected chi connectivity index (χ0v) is 11.5. The molecule has 2 rings (SSSR count). The molecule has 0 bridgehead atoms. The topological polar surface area (TPSA) is 57.5 Å². The number of amides is 2. The number of furan rings is 1. The third-order valence-electron chi connectivity index (χ3n) is 3.44. The summed E-state index contributed by atoms with van der Waals surface area (Å²) in [5.41, 5.74) is 0. The van der Waals surface area contributed by atoms with Gasteiger partial charge in [-0.3, -0.25) is 4.90 Å². The molecule has 0 saturated carbocycles. The van der Waals surface area contributed by atoms with E-state index in [0.717, 1.165) is 25.3 Å². The average Bonchev–Trinajstić information content (AvgIpc) is 3.09. The number of carbonyl (C=O) groups is 1. The monoisotopic (exact) mass is 265 g/mol. The molecule has 19 heavy (non-hydrogen) atoms. The Morgan fingerprint density at radius 1 is 1.42 bits per heavy atom. The second kappa shape index (κ2) is 7.19. The lowest BCUT2D eigenvalue weighted by atomic mass is 10.2. The number of hydrogen-bond acceptors (Lipinski definition) is 3. The molecule has 1 aliphatic heterocycles. The van der Waals surface area contributed by atoms with E-state index in [1.165, 1.54) is 12.8 Å². The summed E-state index contributed by atoms with van der Waals surface area (Å²) in [5.74, 6) is 0.928. The van der Waals surface area contributed by atoms with Crippen LogP contribution in [-0.4, -0.2) is 37.1 Å². The van der Waals surface area contributed by atoms with E-state index in [-0.39, 0.29) is 12.1 Å². The summed E-state index contributed by atoms with van der Waals surface area (Å²) in [4.78, 5) is 14.0. The van der Waals surface area contributed by atoms with Crippen LogP contribution >= 0.6 is 0 Å². The fourth-order valence-electron chi connectivity index (χ4n) is 2.43. The van der Waals surface area contributed by atoms with Crippen molar-refractivity contribution in [1.29, 1.82) is 0 Å². The molecule has 5 heteroatoms. The molecule has 1 fully saturated rings. The molecular weight excluding hydrogens is 242 g/mol. The highest BCUT2D eigenvalue weighted by Crippen LogP contribution is 2.24. The minimum Gasteiger partial charge on any atom is -0.468 e. The minimum atomic E-state index is -0.0994. The van der Waals surface area contributed by atoms with Crippen LogP contribution in [0.1, 0.15) is 38.0 Å². The Kier molecular flexibility index (Phi) is 5.27. The number of rotatable bonds is 6. The summed E-state index contributed by atoms with van der Waals surface area (Å²) in [5, 5.41) is 5.76. The molecule has 1 saturated heterocycles. The first-order valence-corrected chi connectivity index (χ1v) is 7.10. The standard InChI is InChI=1S/C14H23N3O2/c1-2-7-15-14(18)16-11-12(13-6-5-10-19-13)17-8-3-4-9-17/h5-6,10,12H,2-4,7-9,11H2,1H3,(H2,15,16,18). The lowest BCUT2D eigenvalue weighted by Crippen LogP contribution is -2.41. The largest absolute Gasteiger partial charge is 0.468 e. The quantitative estimate of drug-likeness (QED) is 0.828. The predicted octanol–water partition coefficient (Wildman–Crippen LogP) is 2.13. The van der Waals surface area contributed by atoms with Crippen LogP contribution in [0.15, 0.2) is 22.8 Å². The predicted molar refractivity (Wildman–Crippen MR) is 73.9 cm³/mol. The Morgan fingerprint density at radius 2 is 2.21 bits per heavy atom. The van der Waals surface area contributed by atoms with Crippen LogP contribution in [0.3, 0.4) is 0 Å². The lowest BCUT2D eigenvalue weighted by molar-refractivity contribution is 0.203. The molecule has 0 radical (unpaired) electrons. The fraction of sp³-hybridized carbons (Fsp3) is 0.643. The van der Waals surface area contributed by atoms with Gasteiger partial charge in [0.15, 0.2) is 0 Å². The van der Waals surface area contributed by atoms with Gasteiger partial charge in [0, 0.05) is 13.1 Å². The van der Waals surface area contributed by atoms with E-state index in [0.29, 0.717) is 13.1 Å². The van der Waals surface area contributed by atoms with Gasteiger partial charge in [0.1, 0.15) is 5.76 Å². The molecule has 1 aromatic heterocycles. The van der Waals surface area contributed by atoms with Gasteiger partial charge in [-0.25, -0.2) is 4.79 Å². The average molecular weight is 265 g/mol. The maximum absolute atomic E-state index is 11.6. The van der Waals surface area contributed by atoms with Gasteiger partial charge in [-0.15, -0.1) is 0 Å². The third kappa shape index (κ3) is 3.99. The number of urea groups is 1. The van der Waals surface area contributed by atoms with Gasteiger partial charge in [-0.2, -0.15) is 0 Å². The molecule has 1 aromatic rings. The van der Waals surface area contributed by atoms with E-state index in [2.05, 4.69) is 15.5 Å². The van der Waals surface area contributed by atoms with Gasteiger partial charge in [-0.05, 0) is 44.5 Å². The van der Waals surface area contributed by atoms with Crippen LogP contribution in [0.5, 0.6) is 0 Å². The number of likely N-dealkylation sites (tertiary alicyclic amines) is 1. The first-order valence-electron chi connectivity index (χ1n) is 7.10. The Hall–Kier alpha value is -1.49. The highest BCUT2D eigenvalue weighted by atomic mass is 16.3. The zero-order valence-electron chi connectivity index (χ0n) is 11.5. The van der Waals surface area contributed by atoms with Crippen molar-refractivity contribution < 1.29 is 9.21 Å². The maximum atomic E-state index is 11.6. The van der Waals surface area contributed by atoms with Gasteiger partial charge in [0.25, 0.3) is 0 Å². The molecule has 5 nitrogen and oxygen atoms in total. The van der Waals surface area contributed by atoms with Gasteiger partial charge in [0.05, 0.1) is 12.3 Å². The van der Waals surface area contributed by atoms with Crippen molar-refractivity contribution in [1.82, 2.24) is 15.5 Å². The normalized spacial score (nSPS) is 17.3. The van der Waals surface area contributed by atoms with E-state index >= 15 is 0 Å². The van der Waals surface area contributed by atoms with Gasteiger partial charge >= 0.3 is 6.03 Å². The minimum absolute atomic E-state index is 0.0994. The summed E-state index contributed by atoms with van der Waals surface area (Å²) >= 11 is 0. The molecule has 2 N–H and O–H groups in total. The molecule has 106 valence electrons. The summed E-state index contributed by atoms with van der Waals surface area (Å²) in [6.07, 6.45) is 5.08. The first kappa shape index (κ1) is 13.9. The maximum Gasteiger partial charge on any atom is 0.314 e. The van der Waals surface area contributed by atoms with Crippen molar-refractivity contribution in [3.8, 4) is 0 Å². The molecule has 1 unspecified atom stereocenters. The first-order chi connectivity index (χ1) is 9.31. The highest BCUT2D eigenvalue weighted by molar-refractivity contribution is 5.73. The molecule has 0 aliphatic carbocycles. The highest BCUT2D eigenvalue weighted by Gasteiger charge is 2.25. The second-order valence-electron chi connectivity index (χ2n) is 4.91. The molecular formula is C14H23N3O2. The van der Waals surface area contributed by atoms with E-state index in [4.69, 9.17) is 4.42 Å². The van der Waals surface area contributed by atoms with Gasteiger partial charge in [-0.1, -0.05) is 6.92 Å². The third-order valence-corrected chi connectivity index (χ3v) is 3.44. The number of nitrogens with zero attached hydrogens (tertiary/aromatic N) is 1. The van der Waals surface area contributed by atoms with E-state index in [1.54, 1.807) is 6.26 Å². The molecule has 1 aliphatic rings. The van der Waals surface area contributed by atoms with Crippen LogP contribution in [-0.2, 0) is 0 Å². The number of carbonyl (C=O) groups excluding carboxylic acids is 1. The fourth-order valence-corrected chi connectivity index (χ4v) is 2.43. The van der Waals surface area contributed by atoms with Crippen molar-refractivity contribution in [2.75, 3.05) is 26.2 Å². The summed E-state index contributed by atoms with van der Waals surface area (Å²) in [6, 6.07) is 3.92. The van der Waals surface area contributed by atoms with Crippen LogP contribution in [0.25, 0.3) is 0 Å². The Balaban J connectivity index is 1.89. The Morgan fingerprint density at radius 3 is 2.84 bits per heavy atom. The molecule has 1 atom stereocenters. The summed E-state index contributed by atoms with van der Waals surface area (Å²) < 4.78 is 5.51. The van der Waals surface area contributed by atoms with Crippen LogP contribution in [0, 0.1) is 0 Å². The van der Waals surface area contributed by atoms with E-state index in [1.807, 2.05) is 19.1 Å². The van der Waals surface area contributed by atoms with Crippen molar-refractivity contribution >= 4 is 6.03 Å². The number of hydrogen-bond donors (Lipinski definition) is 2. The SMILES string of the molecule is CCCNC(=O)NCC(c1ccco1)N1CCCC1. The zero-order chi connectivity index (χ0) is 13.5. The van der Waals surface area contributed by atoms with Crippen LogP contribution < -0.4 is 10.6 Å². The van der Waals surface area contributed by atoms with E-state index in [9.17, 15) is 4.79 Å². The van der Waals surface area contributed by atoms with Crippen molar-refractivity contribution in [3.63, 3.8) is 0 Å². The van der Waals surface area contributed by atoms with Crippen molar-refractivity contribution in [2.45, 2.75) is 32.2 Å². The summed E-state index contributed by atoms with van der Waals surface area (Å²) in [7, 11) is 0. The van der Waals surface area contributed by atoms with Crippen LogP contribution in [0.4, 0.5) is 4.79 Å². The lowest BCUT2D eigenvalue weighted by Gasteiger charge is -2.26. The molecule has 2 amide bonds. The smallest absolute Gasteiger partial charge is 0.314 e. The molecule has 0 spiro atoms. The van der Waals surface area contributed by atoms with Crippen molar-refractivity contribution in [2.24, 2.45) is 0 Å². The molecule has 0 aromatic carbocycles. The van der Waals surface area contributed by atoms with E-state index < -0.39 is 0 Å². The summed E-state index contributed by atoms with van der Waals surface area (Å²) in [6.45, 7) is 5.48. The van der Waals surface area contributed by atoms with Crippen molar-refractivity contribution in [3.05, 3.63) is 24.2 Å². The number of nitrogens with one attached hydrogen (secondary N) is 2. The molecule has 2 heterocycles. The Bertz CT molecular complexity index is 372. The second-order valence-corrected chi connectivity index (χ2v) is 4.91. The Labute approximate surface area is 114 Å². The van der Waals surface area contributed by atoms with Crippen LogP contribution in [0.2, 0.25) is 0 Å². The van der Waals surface area contributed by atoms with Gasteiger partial charge in [0.2, 0.25) is 0 Å².